The number of nitrogens with zero attached hydrogens (tertiary/aromatic N) is 2. The third-order valence-corrected chi connectivity index (χ3v) is 6.97. The van der Waals surface area contributed by atoms with Crippen molar-refractivity contribution in [2.75, 3.05) is 20.4 Å². The molecule has 4 aromatic carbocycles. The monoisotopic (exact) mass is 544 g/mol. The lowest BCUT2D eigenvalue weighted by atomic mass is 9.90. The number of anilines is 4. The second-order valence-electron chi connectivity index (χ2n) is 9.12. The van der Waals surface area contributed by atoms with Crippen LogP contribution < -0.4 is 20.4 Å². The van der Waals surface area contributed by atoms with E-state index in [1.54, 1.807) is 58.3 Å². The molecule has 0 bridgehead atoms. The summed E-state index contributed by atoms with van der Waals surface area (Å²) in [6, 6.07) is 30.2. The van der Waals surface area contributed by atoms with Crippen molar-refractivity contribution in [1.82, 2.24) is 0 Å². The molecular formula is C30H26Cl2N4O2. The summed E-state index contributed by atoms with van der Waals surface area (Å²) in [5.74, 6) is 0. The average Bonchev–Trinajstić information content (AvgIpc) is 2.89. The molecule has 2 N–H and O–H groups in total. The fourth-order valence-electron chi connectivity index (χ4n) is 4.86. The van der Waals surface area contributed by atoms with Gasteiger partial charge in [-0.2, -0.15) is 0 Å². The molecule has 1 heterocycles. The molecule has 0 radical (unpaired) electrons. The van der Waals surface area contributed by atoms with Gasteiger partial charge in [-0.05, 0) is 73.5 Å². The highest BCUT2D eigenvalue weighted by atomic mass is 35.5. The predicted molar refractivity (Wildman–Crippen MR) is 156 cm³/mol. The number of fused-ring (bicyclic) bond motifs is 1. The van der Waals surface area contributed by atoms with E-state index in [2.05, 4.69) is 10.6 Å². The maximum Gasteiger partial charge on any atom is 0.326 e. The van der Waals surface area contributed by atoms with Crippen LogP contribution in [0.4, 0.5) is 32.3 Å². The van der Waals surface area contributed by atoms with E-state index in [-0.39, 0.29) is 24.1 Å². The largest absolute Gasteiger partial charge is 0.326 e. The molecule has 1 aliphatic rings. The second-order valence-corrected chi connectivity index (χ2v) is 9.99. The Bertz CT molecular complexity index is 1460. The average molecular weight is 545 g/mol. The second kappa shape index (κ2) is 11.2. The lowest BCUT2D eigenvalue weighted by molar-refractivity contribution is 0.251. The normalized spacial score (nSPS) is 16.3. The van der Waals surface area contributed by atoms with E-state index in [0.717, 1.165) is 16.9 Å². The lowest BCUT2D eigenvalue weighted by Gasteiger charge is -2.43. The van der Waals surface area contributed by atoms with Crippen LogP contribution in [0.15, 0.2) is 103 Å². The Labute approximate surface area is 231 Å². The first-order chi connectivity index (χ1) is 18.4. The highest BCUT2D eigenvalue weighted by Crippen LogP contribution is 2.42. The minimum absolute atomic E-state index is 0.209. The van der Waals surface area contributed by atoms with Crippen LogP contribution >= 0.6 is 23.2 Å². The smallest absolute Gasteiger partial charge is 0.307 e. The van der Waals surface area contributed by atoms with E-state index in [1.807, 2.05) is 61.5 Å². The van der Waals surface area contributed by atoms with Crippen molar-refractivity contribution < 1.29 is 9.59 Å². The van der Waals surface area contributed by atoms with E-state index < -0.39 is 0 Å². The fourth-order valence-corrected chi connectivity index (χ4v) is 5.24. The number of nitrogens with one attached hydrogen (secondary N) is 2. The molecule has 0 fully saturated rings. The van der Waals surface area contributed by atoms with Gasteiger partial charge < -0.3 is 10.6 Å². The maximum absolute atomic E-state index is 13.8. The number of carbonyl (C=O) groups is 2. The number of hydrogen-bond acceptors (Lipinski definition) is 2. The Morgan fingerprint density at radius 2 is 1.39 bits per heavy atom. The molecule has 2 atom stereocenters. The van der Waals surface area contributed by atoms with Gasteiger partial charge in [-0.3, -0.25) is 9.80 Å². The number of hydrogen-bond donors (Lipinski definition) is 2. The number of rotatable bonds is 4. The zero-order chi connectivity index (χ0) is 26.6. The molecule has 6 nitrogen and oxygen atoms in total. The van der Waals surface area contributed by atoms with Gasteiger partial charge >= 0.3 is 12.1 Å². The van der Waals surface area contributed by atoms with Crippen LogP contribution in [0.3, 0.4) is 0 Å². The molecule has 4 amide bonds. The Morgan fingerprint density at radius 1 is 0.789 bits per heavy atom. The summed E-state index contributed by atoms with van der Waals surface area (Å²) in [5.41, 5.74) is 3.57. The number of amides is 4. The SMILES string of the molecule is C[C@H]1C[C@@H](N(C(=O)Nc2cccc(Cl)c2)c2ccccc2)c2ccccc2N1C(=O)Nc1cccc(Cl)c1. The van der Waals surface area contributed by atoms with Crippen molar-refractivity contribution in [2.45, 2.75) is 25.4 Å². The molecule has 1 aliphatic heterocycles. The summed E-state index contributed by atoms with van der Waals surface area (Å²) in [7, 11) is 0. The fraction of sp³-hybridized carbons (Fsp3) is 0.133. The summed E-state index contributed by atoms with van der Waals surface area (Å²) in [5, 5.41) is 7.03. The van der Waals surface area contributed by atoms with Gasteiger partial charge in [-0.1, -0.05) is 71.7 Å². The van der Waals surface area contributed by atoms with Gasteiger partial charge in [0.1, 0.15) is 0 Å². The van der Waals surface area contributed by atoms with Crippen molar-refractivity contribution >= 4 is 58.0 Å². The van der Waals surface area contributed by atoms with Crippen LogP contribution in [0.2, 0.25) is 10.0 Å². The number of carbonyl (C=O) groups excluding carboxylic acids is 2. The predicted octanol–water partition coefficient (Wildman–Crippen LogP) is 8.60. The standard InChI is InChI=1S/C30H26Cl2N4O2/c1-20-17-28(36(25-13-3-2-4-14-25)30(38)34-24-12-8-10-22(32)19-24)26-15-5-6-16-27(26)35(20)29(37)33-23-11-7-9-21(31)18-23/h2-16,18-20,28H,17H2,1H3,(H,33,37)(H,34,38)/t20-,28+/m0/s1. The van der Waals surface area contributed by atoms with Crippen molar-refractivity contribution in [3.8, 4) is 0 Å². The number of benzene rings is 4. The molecule has 192 valence electrons. The highest BCUT2D eigenvalue weighted by Gasteiger charge is 2.38. The molecule has 0 aliphatic carbocycles. The van der Waals surface area contributed by atoms with Gasteiger partial charge in [0.25, 0.3) is 0 Å². The van der Waals surface area contributed by atoms with Gasteiger partial charge in [0.05, 0.1) is 11.7 Å². The molecular weight excluding hydrogens is 519 g/mol. The molecule has 0 spiro atoms. The van der Waals surface area contributed by atoms with Crippen LogP contribution in [-0.2, 0) is 0 Å². The van der Waals surface area contributed by atoms with Crippen LogP contribution in [0.1, 0.15) is 24.9 Å². The van der Waals surface area contributed by atoms with Crippen LogP contribution in [-0.4, -0.2) is 18.1 Å². The first-order valence-electron chi connectivity index (χ1n) is 12.3. The number of para-hydroxylation sites is 2. The van der Waals surface area contributed by atoms with Crippen LogP contribution in [0.5, 0.6) is 0 Å². The van der Waals surface area contributed by atoms with Crippen molar-refractivity contribution in [1.29, 1.82) is 0 Å². The highest BCUT2D eigenvalue weighted by molar-refractivity contribution is 6.31. The first kappa shape index (κ1) is 25.6. The first-order valence-corrected chi connectivity index (χ1v) is 13.0. The molecule has 8 heteroatoms. The van der Waals surface area contributed by atoms with E-state index in [1.165, 1.54) is 0 Å². The molecule has 38 heavy (non-hydrogen) atoms. The van der Waals surface area contributed by atoms with Gasteiger partial charge in [0, 0.05) is 33.1 Å². The molecule has 5 rings (SSSR count). The number of halogens is 2. The topological polar surface area (TPSA) is 64.7 Å². The third-order valence-electron chi connectivity index (χ3n) is 6.50. The van der Waals surface area contributed by atoms with Crippen molar-refractivity contribution in [2.24, 2.45) is 0 Å². The van der Waals surface area contributed by atoms with E-state index >= 15 is 0 Å². The maximum atomic E-state index is 13.8. The Morgan fingerprint density at radius 3 is 2.05 bits per heavy atom. The zero-order valence-corrected chi connectivity index (χ0v) is 22.2. The van der Waals surface area contributed by atoms with Gasteiger partial charge in [0.2, 0.25) is 0 Å². The van der Waals surface area contributed by atoms with Crippen molar-refractivity contribution in [3.63, 3.8) is 0 Å². The summed E-state index contributed by atoms with van der Waals surface area (Å²) in [4.78, 5) is 30.8. The lowest BCUT2D eigenvalue weighted by Crippen LogP contribution is -2.49. The quantitative estimate of drug-likeness (QED) is 0.270. The van der Waals surface area contributed by atoms with Crippen LogP contribution in [0.25, 0.3) is 0 Å². The van der Waals surface area contributed by atoms with Crippen molar-refractivity contribution in [3.05, 3.63) is 119 Å². The Balaban J connectivity index is 1.51. The minimum Gasteiger partial charge on any atom is -0.307 e. The minimum atomic E-state index is -0.321. The van der Waals surface area contributed by atoms with Gasteiger partial charge in [-0.25, -0.2) is 9.59 Å². The summed E-state index contributed by atoms with van der Waals surface area (Å²) in [6.45, 7) is 1.98. The molecule has 4 aromatic rings. The van der Waals surface area contributed by atoms with E-state index in [4.69, 9.17) is 23.2 Å². The number of urea groups is 2. The zero-order valence-electron chi connectivity index (χ0n) is 20.6. The van der Waals surface area contributed by atoms with Crippen LogP contribution in [0, 0.1) is 0 Å². The molecule has 0 aromatic heterocycles. The van der Waals surface area contributed by atoms with Gasteiger partial charge in [0.15, 0.2) is 0 Å². The molecule has 0 saturated heterocycles. The summed E-state index contributed by atoms with van der Waals surface area (Å²) < 4.78 is 0. The van der Waals surface area contributed by atoms with E-state index in [9.17, 15) is 9.59 Å². The molecule has 0 saturated carbocycles. The summed E-state index contributed by atoms with van der Waals surface area (Å²) >= 11 is 12.3. The Hall–Kier alpha value is -4.00. The van der Waals surface area contributed by atoms with Gasteiger partial charge in [-0.15, -0.1) is 0 Å². The Kier molecular flexibility index (Phi) is 7.54. The third kappa shape index (κ3) is 5.47. The van der Waals surface area contributed by atoms with E-state index in [0.29, 0.717) is 27.8 Å². The summed E-state index contributed by atoms with van der Waals surface area (Å²) in [6.07, 6.45) is 0.526. The molecule has 0 unspecified atom stereocenters.